The molecule has 0 bridgehead atoms. The minimum atomic E-state index is -1.88. The number of carbonyl (C=O) groups is 1. The van der Waals surface area contributed by atoms with E-state index in [1.165, 1.54) is 0 Å². The summed E-state index contributed by atoms with van der Waals surface area (Å²) in [4.78, 5) is 13.4. The lowest BCUT2D eigenvalue weighted by Crippen LogP contribution is -2.62. The van der Waals surface area contributed by atoms with Crippen LogP contribution in [0.1, 0.15) is 60.3 Å². The fourth-order valence-corrected chi connectivity index (χ4v) is 5.39. The molecule has 0 aromatic carbocycles. The zero-order valence-electron chi connectivity index (χ0n) is 24.3. The van der Waals surface area contributed by atoms with Crippen molar-refractivity contribution in [1.82, 2.24) is 5.32 Å². The summed E-state index contributed by atoms with van der Waals surface area (Å²) in [6.45, 7) is 10.1. The predicted molar refractivity (Wildman–Crippen MR) is 145 cm³/mol. The van der Waals surface area contributed by atoms with Crippen LogP contribution in [-0.2, 0) is 23.7 Å². The van der Waals surface area contributed by atoms with E-state index in [0.717, 1.165) is 0 Å². The number of aliphatic hydroxyl groups excluding tert-OH is 4. The summed E-state index contributed by atoms with van der Waals surface area (Å²) in [5.74, 6) is -3.38. The second-order valence-corrected chi connectivity index (χ2v) is 12.3. The monoisotopic (exact) mass is 574 g/mol. The topological polar surface area (TPSA) is 193 Å². The molecule has 1 amide bonds. The Morgan fingerprint density at radius 1 is 1.18 bits per heavy atom. The predicted octanol–water partition coefficient (Wildman–Crippen LogP) is -0.465. The molecule has 3 saturated heterocycles. The van der Waals surface area contributed by atoms with E-state index in [0.29, 0.717) is 19.6 Å². The van der Waals surface area contributed by atoms with Crippen LogP contribution >= 0.6 is 0 Å². The van der Waals surface area contributed by atoms with Crippen LogP contribution in [0, 0.1) is 17.8 Å². The normalized spacial score (nSPS) is 40.6. The van der Waals surface area contributed by atoms with E-state index in [-0.39, 0.29) is 37.1 Å². The third-order valence-corrected chi connectivity index (χ3v) is 7.97. The van der Waals surface area contributed by atoms with Crippen molar-refractivity contribution in [2.45, 2.75) is 127 Å². The number of carbonyl (C=O) groups excluding carboxylic acids is 1. The molecule has 0 radical (unpaired) electrons. The number of aliphatic hydroxyl groups is 5. The summed E-state index contributed by atoms with van der Waals surface area (Å²) in [7, 11) is 0. The number of hydrogen-bond acceptors (Lipinski definition) is 11. The molecule has 8 N–H and O–H groups in total. The number of rotatable bonds is 11. The Kier molecular flexibility index (Phi) is 11.9. The van der Waals surface area contributed by atoms with Gasteiger partial charge in [-0.1, -0.05) is 39.8 Å². The van der Waals surface area contributed by atoms with Crippen LogP contribution in [0.5, 0.6) is 0 Å². The van der Waals surface area contributed by atoms with Crippen molar-refractivity contribution < 1.29 is 49.3 Å². The van der Waals surface area contributed by atoms with Gasteiger partial charge in [-0.25, -0.2) is 0 Å². The standard InChI is InChI=1S/C28H50N2O10/c1-14(2)6-7-18(39-27-25(34)23(29)24(33)16(5)38-27)10-21-22(26(35)30-17-8-9-37-13-17)20(32)12-28(36,40-21)11-19(31)15(3)4/h6-7,14-25,27,31-34,36H,8-13,29H2,1-5H3,(H,30,35)/b7-6+/t16?,17-,18+,19-,20+,21+,22-,23?,24?,25?,27?,28-/m1/s1. The average Bonchev–Trinajstić information content (AvgIpc) is 3.36. The molecule has 3 heterocycles. The van der Waals surface area contributed by atoms with Crippen molar-refractivity contribution in [1.29, 1.82) is 0 Å². The summed E-state index contributed by atoms with van der Waals surface area (Å²) in [6.07, 6.45) is -4.32. The molecule has 0 saturated carbocycles. The van der Waals surface area contributed by atoms with Gasteiger partial charge in [0, 0.05) is 25.9 Å². The van der Waals surface area contributed by atoms with Gasteiger partial charge in [-0.05, 0) is 25.2 Å². The Hall–Kier alpha value is -1.19. The van der Waals surface area contributed by atoms with Crippen LogP contribution in [0.15, 0.2) is 12.2 Å². The van der Waals surface area contributed by atoms with Gasteiger partial charge in [0.15, 0.2) is 12.1 Å². The molecule has 12 nitrogen and oxygen atoms in total. The second kappa shape index (κ2) is 14.3. The lowest BCUT2D eigenvalue weighted by Gasteiger charge is -2.46. The Morgan fingerprint density at radius 3 is 2.48 bits per heavy atom. The van der Waals surface area contributed by atoms with Gasteiger partial charge in [0.25, 0.3) is 0 Å². The van der Waals surface area contributed by atoms with Crippen LogP contribution in [-0.4, -0.2) is 112 Å². The molecule has 0 spiro atoms. The van der Waals surface area contributed by atoms with Crippen LogP contribution in [0.25, 0.3) is 0 Å². The minimum absolute atomic E-state index is 0.0123. The number of nitrogens with two attached hydrogens (primary N) is 1. The van der Waals surface area contributed by atoms with E-state index < -0.39 is 72.7 Å². The van der Waals surface area contributed by atoms with Crippen LogP contribution in [0.3, 0.4) is 0 Å². The van der Waals surface area contributed by atoms with Crippen molar-refractivity contribution in [3.05, 3.63) is 12.2 Å². The van der Waals surface area contributed by atoms with Crippen LogP contribution in [0.2, 0.25) is 0 Å². The van der Waals surface area contributed by atoms with E-state index in [2.05, 4.69) is 5.32 Å². The molecule has 5 unspecified atom stereocenters. The van der Waals surface area contributed by atoms with Crippen molar-refractivity contribution >= 4 is 5.91 Å². The average molecular weight is 575 g/mol. The highest BCUT2D eigenvalue weighted by atomic mass is 16.7. The van der Waals surface area contributed by atoms with Gasteiger partial charge >= 0.3 is 0 Å². The van der Waals surface area contributed by atoms with Gasteiger partial charge in [-0.2, -0.15) is 0 Å². The fraction of sp³-hybridized carbons (Fsp3) is 0.893. The molecule has 3 aliphatic heterocycles. The Balaban J connectivity index is 1.87. The minimum Gasteiger partial charge on any atom is -0.393 e. The largest absolute Gasteiger partial charge is 0.393 e. The first-order valence-corrected chi connectivity index (χ1v) is 14.5. The number of allylic oxidation sites excluding steroid dienone is 1. The van der Waals surface area contributed by atoms with Gasteiger partial charge in [-0.15, -0.1) is 0 Å². The van der Waals surface area contributed by atoms with Gasteiger partial charge in [-0.3, -0.25) is 4.79 Å². The van der Waals surface area contributed by atoms with Crippen molar-refractivity contribution in [3.63, 3.8) is 0 Å². The van der Waals surface area contributed by atoms with E-state index in [1.807, 2.05) is 33.8 Å². The van der Waals surface area contributed by atoms with Crippen molar-refractivity contribution in [2.75, 3.05) is 13.2 Å². The maximum Gasteiger partial charge on any atom is 0.228 e. The molecular formula is C28H50N2O10. The van der Waals surface area contributed by atoms with Crippen LogP contribution < -0.4 is 11.1 Å². The SMILES string of the molecule is CC(C)/C=C/[C@@H](C[C@@H]1O[C@](O)(C[C@@H](O)C(C)C)C[C@H](O)[C@H]1C(=O)N[C@@H]1CCOC1)OC1OC(C)C(O)C(N)C1O. The smallest absolute Gasteiger partial charge is 0.228 e. The molecule has 40 heavy (non-hydrogen) atoms. The fourth-order valence-electron chi connectivity index (χ4n) is 5.39. The number of nitrogens with one attached hydrogen (secondary N) is 1. The molecule has 3 aliphatic rings. The molecule has 3 rings (SSSR count). The van der Waals surface area contributed by atoms with E-state index in [4.69, 9.17) is 24.7 Å². The molecule has 0 aliphatic carbocycles. The Morgan fingerprint density at radius 2 is 1.88 bits per heavy atom. The molecule has 12 heteroatoms. The van der Waals surface area contributed by atoms with Crippen LogP contribution in [0.4, 0.5) is 0 Å². The van der Waals surface area contributed by atoms with Gasteiger partial charge in [0.1, 0.15) is 6.10 Å². The molecule has 232 valence electrons. The lowest BCUT2D eigenvalue weighted by molar-refractivity contribution is -0.307. The summed E-state index contributed by atoms with van der Waals surface area (Å²) in [5, 5.41) is 56.8. The highest BCUT2D eigenvalue weighted by Crippen LogP contribution is 2.38. The molecule has 12 atom stereocenters. The molecule has 3 fully saturated rings. The third kappa shape index (κ3) is 8.66. The summed E-state index contributed by atoms with van der Waals surface area (Å²) in [6, 6.07) is -1.19. The van der Waals surface area contributed by atoms with Gasteiger partial charge in [0.05, 0.1) is 61.2 Å². The Labute approximate surface area is 236 Å². The number of amides is 1. The second-order valence-electron chi connectivity index (χ2n) is 12.3. The maximum absolute atomic E-state index is 13.4. The first kappa shape index (κ1) is 33.3. The first-order chi connectivity index (χ1) is 18.7. The quantitative estimate of drug-likeness (QED) is 0.158. The number of hydrogen-bond donors (Lipinski definition) is 7. The summed E-state index contributed by atoms with van der Waals surface area (Å²) in [5.41, 5.74) is 5.99. The molecule has 0 aromatic heterocycles. The molecule has 0 aromatic rings. The van der Waals surface area contributed by atoms with Crippen molar-refractivity contribution in [2.24, 2.45) is 23.5 Å². The lowest BCUT2D eigenvalue weighted by atomic mass is 9.81. The van der Waals surface area contributed by atoms with E-state index in [1.54, 1.807) is 13.0 Å². The van der Waals surface area contributed by atoms with E-state index >= 15 is 0 Å². The number of ether oxygens (including phenoxy) is 4. The van der Waals surface area contributed by atoms with E-state index in [9.17, 15) is 30.3 Å². The zero-order valence-corrected chi connectivity index (χ0v) is 24.3. The third-order valence-electron chi connectivity index (χ3n) is 7.97. The summed E-state index contributed by atoms with van der Waals surface area (Å²) < 4.78 is 23.3. The summed E-state index contributed by atoms with van der Waals surface area (Å²) >= 11 is 0. The zero-order chi connectivity index (χ0) is 29.8. The highest BCUT2D eigenvalue weighted by Gasteiger charge is 2.51. The molecular weight excluding hydrogens is 524 g/mol. The Bertz CT molecular complexity index is 838. The van der Waals surface area contributed by atoms with Crippen molar-refractivity contribution in [3.8, 4) is 0 Å². The highest BCUT2D eigenvalue weighted by molar-refractivity contribution is 5.80. The maximum atomic E-state index is 13.4. The van der Waals surface area contributed by atoms with Gasteiger partial charge < -0.3 is 55.5 Å². The first-order valence-electron chi connectivity index (χ1n) is 14.5. The van der Waals surface area contributed by atoms with Gasteiger partial charge in [0.2, 0.25) is 5.91 Å².